The van der Waals surface area contributed by atoms with E-state index < -0.39 is 12.0 Å². The molecular formula is C19H22ClNO3. The first kappa shape index (κ1) is 17.0. The highest BCUT2D eigenvalue weighted by molar-refractivity contribution is 6.30. The molecule has 2 bridgehead atoms. The molecule has 1 aromatic carbocycles. The maximum Gasteiger partial charge on any atom is 0.414 e. The van der Waals surface area contributed by atoms with Crippen molar-refractivity contribution in [3.8, 4) is 0 Å². The average Bonchev–Trinajstić information content (AvgIpc) is 2.55. The second kappa shape index (κ2) is 6.60. The van der Waals surface area contributed by atoms with E-state index in [2.05, 4.69) is 25.2 Å². The molecule has 0 aromatic heterocycles. The number of carbonyl (C=O) groups is 2. The highest BCUT2D eigenvalue weighted by Gasteiger charge is 2.49. The number of hydrogen-bond acceptors (Lipinski definition) is 3. The molecule has 4 rings (SSSR count). The van der Waals surface area contributed by atoms with E-state index in [1.54, 1.807) is 24.3 Å². The lowest BCUT2D eigenvalue weighted by molar-refractivity contribution is -0.00241. The van der Waals surface area contributed by atoms with Gasteiger partial charge in [0.1, 0.15) is 0 Å². The van der Waals surface area contributed by atoms with E-state index in [1.165, 1.54) is 12.0 Å². The van der Waals surface area contributed by atoms with Gasteiger partial charge >= 0.3 is 6.09 Å². The van der Waals surface area contributed by atoms with Crippen molar-refractivity contribution in [2.45, 2.75) is 33.1 Å². The van der Waals surface area contributed by atoms with Gasteiger partial charge in [0.05, 0.1) is 6.61 Å². The number of amides is 2. The fourth-order valence-corrected chi connectivity index (χ4v) is 3.74. The number of fused-ring (bicyclic) bond motifs is 1. The molecule has 4 nitrogen and oxygen atoms in total. The number of carbonyl (C=O) groups excluding carboxylic acids is 2. The molecule has 0 saturated heterocycles. The minimum absolute atomic E-state index is 0.297. The second-order valence-electron chi connectivity index (χ2n) is 7.24. The van der Waals surface area contributed by atoms with Crippen LogP contribution in [0.15, 0.2) is 35.9 Å². The molecule has 1 aromatic rings. The molecule has 0 radical (unpaired) electrons. The van der Waals surface area contributed by atoms with Gasteiger partial charge in [0, 0.05) is 17.0 Å². The lowest BCUT2D eigenvalue weighted by Gasteiger charge is -2.55. The van der Waals surface area contributed by atoms with Crippen molar-refractivity contribution in [3.05, 3.63) is 46.5 Å². The van der Waals surface area contributed by atoms with Crippen molar-refractivity contribution in [3.63, 3.8) is 0 Å². The molecule has 0 heterocycles. The number of rotatable bonds is 4. The Labute approximate surface area is 147 Å². The maximum atomic E-state index is 11.9. The fourth-order valence-electron chi connectivity index (χ4n) is 3.62. The summed E-state index contributed by atoms with van der Waals surface area (Å²) in [5.41, 5.74) is 2.16. The summed E-state index contributed by atoms with van der Waals surface area (Å²) >= 11 is 5.77. The van der Waals surface area contributed by atoms with Gasteiger partial charge in [-0.15, -0.1) is 0 Å². The van der Waals surface area contributed by atoms with E-state index in [0.717, 1.165) is 18.8 Å². The van der Waals surface area contributed by atoms with E-state index in [1.807, 2.05) is 0 Å². The molecule has 1 N–H and O–H groups in total. The van der Waals surface area contributed by atoms with Crippen molar-refractivity contribution < 1.29 is 14.3 Å². The molecular weight excluding hydrogens is 326 g/mol. The molecule has 2 amide bonds. The summed E-state index contributed by atoms with van der Waals surface area (Å²) < 4.78 is 5.12. The number of halogens is 1. The monoisotopic (exact) mass is 347 g/mol. The summed E-state index contributed by atoms with van der Waals surface area (Å²) in [4.78, 5) is 23.6. The number of alkyl carbamates (subject to hydrolysis) is 1. The van der Waals surface area contributed by atoms with Crippen molar-refractivity contribution >= 4 is 23.6 Å². The molecule has 2 unspecified atom stereocenters. The molecule has 2 atom stereocenters. The summed E-state index contributed by atoms with van der Waals surface area (Å²) in [5, 5.41) is 2.76. The lowest BCUT2D eigenvalue weighted by Crippen LogP contribution is -2.46. The SMILES string of the molecule is CC1(C)C2C=C(CCOC(=O)NC(=O)c3ccc(Cl)cc3)CC1C2. The van der Waals surface area contributed by atoms with Crippen LogP contribution in [0.5, 0.6) is 0 Å². The minimum atomic E-state index is -0.711. The van der Waals surface area contributed by atoms with Crippen LogP contribution in [0.3, 0.4) is 0 Å². The van der Waals surface area contributed by atoms with E-state index >= 15 is 0 Å². The predicted octanol–water partition coefficient (Wildman–Crippen LogP) is 4.59. The average molecular weight is 348 g/mol. The van der Waals surface area contributed by atoms with Crippen molar-refractivity contribution in [2.24, 2.45) is 17.3 Å². The van der Waals surface area contributed by atoms with Gasteiger partial charge in [0.25, 0.3) is 5.91 Å². The van der Waals surface area contributed by atoms with E-state index in [0.29, 0.717) is 28.5 Å². The van der Waals surface area contributed by atoms with Gasteiger partial charge in [-0.1, -0.05) is 37.1 Å². The van der Waals surface area contributed by atoms with Gasteiger partial charge in [-0.2, -0.15) is 0 Å². The van der Waals surface area contributed by atoms with Crippen LogP contribution >= 0.6 is 11.6 Å². The van der Waals surface area contributed by atoms with Gasteiger partial charge in [-0.25, -0.2) is 4.79 Å². The first-order chi connectivity index (χ1) is 11.4. The normalized spacial score (nSPS) is 23.7. The highest BCUT2D eigenvalue weighted by Crippen LogP contribution is 2.58. The number of benzene rings is 1. The third kappa shape index (κ3) is 3.48. The van der Waals surface area contributed by atoms with Crippen molar-refractivity contribution in [1.29, 1.82) is 0 Å². The first-order valence-corrected chi connectivity index (χ1v) is 8.67. The van der Waals surface area contributed by atoms with Crippen LogP contribution in [-0.2, 0) is 4.74 Å². The van der Waals surface area contributed by atoms with Crippen LogP contribution in [0.1, 0.15) is 43.5 Å². The largest absolute Gasteiger partial charge is 0.449 e. The molecule has 5 heteroatoms. The molecule has 3 aliphatic rings. The molecule has 128 valence electrons. The maximum absolute atomic E-state index is 11.9. The summed E-state index contributed by atoms with van der Waals surface area (Å²) in [6.45, 7) is 4.95. The number of imide groups is 1. The summed E-state index contributed by atoms with van der Waals surface area (Å²) in [5.74, 6) is 0.922. The third-order valence-corrected chi connectivity index (χ3v) is 5.72. The van der Waals surface area contributed by atoms with Crippen LogP contribution in [0.25, 0.3) is 0 Å². The van der Waals surface area contributed by atoms with E-state index in [9.17, 15) is 9.59 Å². The van der Waals surface area contributed by atoms with Crippen molar-refractivity contribution in [1.82, 2.24) is 5.32 Å². The van der Waals surface area contributed by atoms with Crippen LogP contribution in [0.4, 0.5) is 4.79 Å². The van der Waals surface area contributed by atoms with Gasteiger partial charge in [0.2, 0.25) is 0 Å². The van der Waals surface area contributed by atoms with Gasteiger partial charge < -0.3 is 4.74 Å². The summed E-state index contributed by atoms with van der Waals surface area (Å²) in [6.07, 6.45) is 4.76. The Balaban J connectivity index is 1.42. The Morgan fingerprint density at radius 1 is 1.29 bits per heavy atom. The van der Waals surface area contributed by atoms with Crippen molar-refractivity contribution in [2.75, 3.05) is 6.61 Å². The molecule has 1 saturated carbocycles. The van der Waals surface area contributed by atoms with Crippen LogP contribution < -0.4 is 5.32 Å². The summed E-state index contributed by atoms with van der Waals surface area (Å²) in [7, 11) is 0. The van der Waals surface area contributed by atoms with Gasteiger partial charge in [-0.3, -0.25) is 10.1 Å². The Kier molecular flexibility index (Phi) is 4.68. The number of nitrogens with one attached hydrogen (secondary N) is 1. The standard InChI is InChI=1S/C19H22ClNO3/c1-19(2)14-9-12(10-15(19)11-14)7-8-24-18(23)21-17(22)13-3-5-16(20)6-4-13/h3-6,9,14-15H,7-8,10-11H2,1-2H3,(H,21,22,23). The molecule has 0 spiro atoms. The van der Waals surface area contributed by atoms with Gasteiger partial charge in [0.15, 0.2) is 0 Å². The molecule has 1 fully saturated rings. The molecule has 0 aliphatic heterocycles. The second-order valence-corrected chi connectivity index (χ2v) is 7.67. The van der Waals surface area contributed by atoms with Crippen LogP contribution in [-0.4, -0.2) is 18.6 Å². The third-order valence-electron chi connectivity index (χ3n) is 5.47. The lowest BCUT2D eigenvalue weighted by atomic mass is 9.50. The first-order valence-electron chi connectivity index (χ1n) is 8.29. The zero-order valence-electron chi connectivity index (χ0n) is 14.0. The van der Waals surface area contributed by atoms with E-state index in [4.69, 9.17) is 16.3 Å². The van der Waals surface area contributed by atoms with E-state index in [-0.39, 0.29) is 0 Å². The number of hydrogen-bond donors (Lipinski definition) is 1. The molecule has 3 aliphatic carbocycles. The van der Waals surface area contributed by atoms with Crippen LogP contribution in [0.2, 0.25) is 5.02 Å². The Bertz CT molecular complexity index is 678. The zero-order chi connectivity index (χ0) is 17.3. The Hall–Kier alpha value is -1.81. The smallest absolute Gasteiger partial charge is 0.414 e. The molecule has 24 heavy (non-hydrogen) atoms. The number of allylic oxidation sites excluding steroid dienone is 1. The van der Waals surface area contributed by atoms with Gasteiger partial charge in [-0.05, 0) is 54.4 Å². The quantitative estimate of drug-likeness (QED) is 0.810. The Morgan fingerprint density at radius 3 is 2.58 bits per heavy atom. The topological polar surface area (TPSA) is 55.4 Å². The number of ether oxygens (including phenoxy) is 1. The summed E-state index contributed by atoms with van der Waals surface area (Å²) in [6, 6.07) is 6.33. The Morgan fingerprint density at radius 2 is 2.00 bits per heavy atom. The predicted molar refractivity (Wildman–Crippen MR) is 93.0 cm³/mol. The highest BCUT2D eigenvalue weighted by atomic mass is 35.5. The minimum Gasteiger partial charge on any atom is -0.449 e. The van der Waals surface area contributed by atoms with Crippen LogP contribution in [0, 0.1) is 17.3 Å². The fraction of sp³-hybridized carbons (Fsp3) is 0.474. The zero-order valence-corrected chi connectivity index (χ0v) is 14.7.